The van der Waals surface area contributed by atoms with E-state index in [1.165, 1.54) is 16.7 Å². The van der Waals surface area contributed by atoms with Crippen LogP contribution in [0.25, 0.3) is 11.1 Å². The smallest absolute Gasteiger partial charge is 0.141 e. The van der Waals surface area contributed by atoms with Crippen LogP contribution in [0.5, 0.6) is 0 Å². The van der Waals surface area contributed by atoms with Crippen molar-refractivity contribution < 1.29 is 4.52 Å². The van der Waals surface area contributed by atoms with Crippen LogP contribution in [0.2, 0.25) is 0 Å². The van der Waals surface area contributed by atoms with Crippen LogP contribution in [0.4, 0.5) is 0 Å². The first-order chi connectivity index (χ1) is 7.75. The maximum atomic E-state index is 5.19. The number of benzene rings is 1. The summed E-state index contributed by atoms with van der Waals surface area (Å²) in [4.78, 5) is 4.25. The number of fused-ring (bicyclic) bond motifs is 1. The summed E-state index contributed by atoms with van der Waals surface area (Å²) in [7, 11) is 0. The van der Waals surface area contributed by atoms with Gasteiger partial charge in [0.25, 0.3) is 0 Å². The SMILES string of the molecule is Cc1noc(C)c1-c1ccc2c(c1)CN=C2. The number of nitrogens with zero attached hydrogens (tertiary/aromatic N) is 2. The van der Waals surface area contributed by atoms with Crippen molar-refractivity contribution in [3.8, 4) is 11.1 Å². The van der Waals surface area contributed by atoms with Crippen molar-refractivity contribution in [1.29, 1.82) is 0 Å². The van der Waals surface area contributed by atoms with Crippen LogP contribution < -0.4 is 0 Å². The summed E-state index contributed by atoms with van der Waals surface area (Å²) in [5, 5.41) is 3.98. The Bertz CT molecular complexity index is 562. The van der Waals surface area contributed by atoms with Crippen LogP contribution >= 0.6 is 0 Å². The van der Waals surface area contributed by atoms with Gasteiger partial charge in [0.15, 0.2) is 0 Å². The van der Waals surface area contributed by atoms with Gasteiger partial charge >= 0.3 is 0 Å². The Kier molecular flexibility index (Phi) is 1.93. The van der Waals surface area contributed by atoms with E-state index in [9.17, 15) is 0 Å². The van der Waals surface area contributed by atoms with Gasteiger partial charge in [0, 0.05) is 11.8 Å². The first-order valence-electron chi connectivity index (χ1n) is 5.31. The Morgan fingerprint density at radius 3 is 2.88 bits per heavy atom. The predicted molar refractivity (Wildman–Crippen MR) is 62.7 cm³/mol. The first-order valence-corrected chi connectivity index (χ1v) is 5.31. The molecule has 0 saturated heterocycles. The van der Waals surface area contributed by atoms with E-state index in [0.717, 1.165) is 23.6 Å². The van der Waals surface area contributed by atoms with Gasteiger partial charge in [0.1, 0.15) is 5.76 Å². The summed E-state index contributed by atoms with van der Waals surface area (Å²) < 4.78 is 5.19. The van der Waals surface area contributed by atoms with Crippen molar-refractivity contribution >= 4 is 6.21 Å². The standard InChI is InChI=1S/C13H12N2O/c1-8-13(9(2)16-15-8)10-3-4-11-6-14-7-12(11)5-10/h3-6H,7H2,1-2H3. The number of aliphatic imine (C=N–C) groups is 1. The van der Waals surface area contributed by atoms with Gasteiger partial charge < -0.3 is 4.52 Å². The van der Waals surface area contributed by atoms with Gasteiger partial charge in [-0.25, -0.2) is 0 Å². The van der Waals surface area contributed by atoms with Gasteiger partial charge in [-0.2, -0.15) is 0 Å². The van der Waals surface area contributed by atoms with Gasteiger partial charge in [-0.3, -0.25) is 4.99 Å². The zero-order chi connectivity index (χ0) is 11.1. The minimum Gasteiger partial charge on any atom is -0.361 e. The van der Waals surface area contributed by atoms with Gasteiger partial charge in [-0.1, -0.05) is 17.3 Å². The fraction of sp³-hybridized carbons (Fsp3) is 0.231. The second kappa shape index (κ2) is 3.30. The number of rotatable bonds is 1. The molecule has 3 heteroatoms. The Morgan fingerprint density at radius 2 is 2.12 bits per heavy atom. The van der Waals surface area contributed by atoms with E-state index in [1.54, 1.807) is 0 Å². The second-order valence-electron chi connectivity index (χ2n) is 4.08. The lowest BCUT2D eigenvalue weighted by Crippen LogP contribution is -1.87. The molecule has 0 bridgehead atoms. The quantitative estimate of drug-likeness (QED) is 0.729. The van der Waals surface area contributed by atoms with Crippen molar-refractivity contribution in [2.24, 2.45) is 4.99 Å². The lowest BCUT2D eigenvalue weighted by Gasteiger charge is -2.03. The third kappa shape index (κ3) is 1.28. The van der Waals surface area contributed by atoms with Crippen LogP contribution in [-0.4, -0.2) is 11.4 Å². The minimum atomic E-state index is 0.784. The highest BCUT2D eigenvalue weighted by molar-refractivity contribution is 5.86. The lowest BCUT2D eigenvalue weighted by atomic mass is 9.99. The molecule has 3 nitrogen and oxygen atoms in total. The normalized spacial score (nSPS) is 13.1. The van der Waals surface area contributed by atoms with E-state index in [4.69, 9.17) is 4.52 Å². The Balaban J connectivity index is 2.15. The van der Waals surface area contributed by atoms with Gasteiger partial charge in [-0.15, -0.1) is 0 Å². The summed E-state index contributed by atoms with van der Waals surface area (Å²) in [6.07, 6.45) is 1.92. The van der Waals surface area contributed by atoms with E-state index in [1.807, 2.05) is 20.1 Å². The topological polar surface area (TPSA) is 38.4 Å². The molecule has 2 aromatic rings. The molecule has 0 radical (unpaired) electrons. The molecule has 0 spiro atoms. The minimum absolute atomic E-state index is 0.784. The molecule has 1 aliphatic rings. The van der Waals surface area contributed by atoms with Gasteiger partial charge in [0.05, 0.1) is 12.2 Å². The third-order valence-corrected chi connectivity index (χ3v) is 2.96. The number of aryl methyl sites for hydroxylation is 2. The lowest BCUT2D eigenvalue weighted by molar-refractivity contribution is 0.393. The molecular weight excluding hydrogens is 200 g/mol. The fourth-order valence-electron chi connectivity index (χ4n) is 2.16. The largest absolute Gasteiger partial charge is 0.361 e. The van der Waals surface area contributed by atoms with Crippen molar-refractivity contribution in [1.82, 2.24) is 5.16 Å². The van der Waals surface area contributed by atoms with Crippen molar-refractivity contribution in [2.45, 2.75) is 20.4 Å². The predicted octanol–water partition coefficient (Wildman–Crippen LogP) is 2.89. The maximum absolute atomic E-state index is 5.19. The highest BCUT2D eigenvalue weighted by Crippen LogP contribution is 2.29. The average Bonchev–Trinajstić information content (AvgIpc) is 2.85. The molecule has 0 N–H and O–H groups in total. The Morgan fingerprint density at radius 1 is 1.25 bits per heavy atom. The highest BCUT2D eigenvalue weighted by Gasteiger charge is 2.14. The summed E-state index contributed by atoms with van der Waals surface area (Å²) in [6, 6.07) is 6.38. The van der Waals surface area contributed by atoms with E-state index in [2.05, 4.69) is 28.3 Å². The number of hydrogen-bond acceptors (Lipinski definition) is 3. The summed E-state index contributed by atoms with van der Waals surface area (Å²) in [5.41, 5.74) is 5.71. The summed E-state index contributed by atoms with van der Waals surface area (Å²) in [6.45, 7) is 4.70. The number of hydrogen-bond donors (Lipinski definition) is 0. The van der Waals surface area contributed by atoms with E-state index < -0.39 is 0 Å². The molecule has 16 heavy (non-hydrogen) atoms. The van der Waals surface area contributed by atoms with Crippen molar-refractivity contribution in [3.63, 3.8) is 0 Å². The Labute approximate surface area is 93.8 Å². The molecule has 0 atom stereocenters. The zero-order valence-corrected chi connectivity index (χ0v) is 9.32. The van der Waals surface area contributed by atoms with Crippen LogP contribution in [-0.2, 0) is 6.54 Å². The van der Waals surface area contributed by atoms with Gasteiger partial charge in [-0.05, 0) is 36.6 Å². The molecule has 0 amide bonds. The molecule has 0 fully saturated rings. The third-order valence-electron chi connectivity index (χ3n) is 2.96. The molecule has 80 valence electrons. The van der Waals surface area contributed by atoms with Crippen LogP contribution in [0.1, 0.15) is 22.6 Å². The van der Waals surface area contributed by atoms with Crippen molar-refractivity contribution in [2.75, 3.05) is 0 Å². The molecule has 2 heterocycles. The maximum Gasteiger partial charge on any atom is 0.141 e. The average molecular weight is 212 g/mol. The van der Waals surface area contributed by atoms with Gasteiger partial charge in [0.2, 0.25) is 0 Å². The molecule has 3 rings (SSSR count). The monoisotopic (exact) mass is 212 g/mol. The van der Waals surface area contributed by atoms with Crippen molar-refractivity contribution in [3.05, 3.63) is 40.8 Å². The first kappa shape index (κ1) is 9.33. The summed E-state index contributed by atoms with van der Waals surface area (Å²) >= 11 is 0. The number of aromatic nitrogens is 1. The van der Waals surface area contributed by atoms with Crippen LogP contribution in [0, 0.1) is 13.8 Å². The van der Waals surface area contributed by atoms with Crippen LogP contribution in [0.3, 0.4) is 0 Å². The molecule has 0 unspecified atom stereocenters. The van der Waals surface area contributed by atoms with Crippen LogP contribution in [0.15, 0.2) is 27.7 Å². The molecule has 0 saturated carbocycles. The Hall–Kier alpha value is -1.90. The molecule has 1 aromatic heterocycles. The highest BCUT2D eigenvalue weighted by atomic mass is 16.5. The molecule has 0 aliphatic carbocycles. The zero-order valence-electron chi connectivity index (χ0n) is 9.32. The fourth-order valence-corrected chi connectivity index (χ4v) is 2.16. The second-order valence-corrected chi connectivity index (χ2v) is 4.08. The summed E-state index contributed by atoms with van der Waals surface area (Å²) in [5.74, 6) is 0.872. The van der Waals surface area contributed by atoms with E-state index in [-0.39, 0.29) is 0 Å². The molecule has 1 aliphatic heterocycles. The molecular formula is C13H12N2O. The molecule has 1 aromatic carbocycles. The van der Waals surface area contributed by atoms with E-state index >= 15 is 0 Å². The van der Waals surface area contributed by atoms with E-state index in [0.29, 0.717) is 0 Å².